The Morgan fingerprint density at radius 3 is 1.53 bits per heavy atom. The molecule has 0 aromatic carbocycles. The minimum Gasteiger partial charge on any atom is -0.355 e. The van der Waals surface area contributed by atoms with Gasteiger partial charge in [-0.05, 0) is 0 Å². The largest absolute Gasteiger partial charge is 0.355 e. The Bertz CT molecular complexity index is 182. The molecule has 1 aliphatic heterocycles. The van der Waals surface area contributed by atoms with Gasteiger partial charge in [0.15, 0.2) is 0 Å². The molecule has 1 rings (SSSR count). The zero-order chi connectivity index (χ0) is 12.2. The summed E-state index contributed by atoms with van der Waals surface area (Å²) in [6, 6.07) is 0. The minimum atomic E-state index is 0.123. The molecule has 6 heteroatoms. The lowest BCUT2D eigenvalue weighted by Crippen LogP contribution is -2.39. The Kier molecular flexibility index (Phi) is 8.85. The fourth-order valence-electron chi connectivity index (χ4n) is 1.61. The smallest absolute Gasteiger partial charge is 0.221 e. The summed E-state index contributed by atoms with van der Waals surface area (Å²) in [5.74, 6) is 0.123. The fraction of sp³-hybridized carbons (Fsp3) is 0.909. The molecule has 6 nitrogen and oxygen atoms in total. The molecule has 0 radical (unpaired) electrons. The van der Waals surface area contributed by atoms with Crippen LogP contribution in [-0.2, 0) is 4.79 Å². The number of hydrogen-bond donors (Lipinski definition) is 5. The van der Waals surface area contributed by atoms with Gasteiger partial charge in [-0.2, -0.15) is 0 Å². The van der Waals surface area contributed by atoms with Crippen LogP contribution in [0, 0.1) is 0 Å². The lowest BCUT2D eigenvalue weighted by molar-refractivity contribution is -0.120. The van der Waals surface area contributed by atoms with Crippen molar-refractivity contribution in [3.8, 4) is 0 Å². The van der Waals surface area contributed by atoms with Crippen LogP contribution in [-0.4, -0.2) is 64.8 Å². The van der Waals surface area contributed by atoms with Crippen LogP contribution < -0.4 is 26.6 Å². The summed E-state index contributed by atoms with van der Waals surface area (Å²) < 4.78 is 0. The Morgan fingerprint density at radius 1 is 0.588 bits per heavy atom. The summed E-state index contributed by atoms with van der Waals surface area (Å²) in [5, 5.41) is 16.1. The zero-order valence-corrected chi connectivity index (χ0v) is 10.5. The van der Waals surface area contributed by atoms with Gasteiger partial charge in [-0.1, -0.05) is 0 Å². The molecule has 0 bridgehead atoms. The van der Waals surface area contributed by atoms with E-state index in [0.717, 1.165) is 52.4 Å². The normalized spacial score (nSPS) is 22.9. The van der Waals surface area contributed by atoms with E-state index in [1.807, 2.05) is 0 Å². The van der Waals surface area contributed by atoms with E-state index in [1.165, 1.54) is 0 Å². The van der Waals surface area contributed by atoms with Crippen LogP contribution in [0.15, 0.2) is 0 Å². The Morgan fingerprint density at radius 2 is 1.00 bits per heavy atom. The standard InChI is InChI=1S/C11H25N5O/c17-11-1-2-12-3-4-13-5-6-14-7-8-15-9-10-16-11/h12-15H,1-10H2,(H,16,17). The second-order valence-corrected chi connectivity index (χ2v) is 4.10. The molecular formula is C11H25N5O. The molecule has 17 heavy (non-hydrogen) atoms. The predicted octanol–water partition coefficient (Wildman–Crippen LogP) is -2.14. The molecule has 5 N–H and O–H groups in total. The van der Waals surface area contributed by atoms with Gasteiger partial charge in [0.25, 0.3) is 0 Å². The highest BCUT2D eigenvalue weighted by atomic mass is 16.1. The third-order valence-corrected chi connectivity index (χ3v) is 2.59. The second kappa shape index (κ2) is 10.5. The van der Waals surface area contributed by atoms with E-state index < -0.39 is 0 Å². The van der Waals surface area contributed by atoms with Crippen molar-refractivity contribution in [3.05, 3.63) is 0 Å². The second-order valence-electron chi connectivity index (χ2n) is 4.10. The maximum atomic E-state index is 11.4. The molecule has 0 atom stereocenters. The minimum absolute atomic E-state index is 0.123. The molecule has 1 aliphatic rings. The van der Waals surface area contributed by atoms with Crippen molar-refractivity contribution in [2.24, 2.45) is 0 Å². The van der Waals surface area contributed by atoms with Crippen LogP contribution in [0.3, 0.4) is 0 Å². The van der Waals surface area contributed by atoms with Gasteiger partial charge < -0.3 is 26.6 Å². The van der Waals surface area contributed by atoms with Crippen molar-refractivity contribution in [1.29, 1.82) is 0 Å². The van der Waals surface area contributed by atoms with Crippen molar-refractivity contribution in [1.82, 2.24) is 26.6 Å². The first kappa shape index (κ1) is 14.4. The molecule has 0 spiro atoms. The van der Waals surface area contributed by atoms with Crippen molar-refractivity contribution in [2.45, 2.75) is 6.42 Å². The molecule has 0 aliphatic carbocycles. The average molecular weight is 243 g/mol. The highest BCUT2D eigenvalue weighted by molar-refractivity contribution is 5.76. The third-order valence-electron chi connectivity index (χ3n) is 2.59. The van der Waals surface area contributed by atoms with Crippen molar-refractivity contribution in [3.63, 3.8) is 0 Å². The quantitative estimate of drug-likeness (QED) is 0.336. The van der Waals surface area contributed by atoms with Crippen molar-refractivity contribution >= 4 is 5.91 Å². The summed E-state index contributed by atoms with van der Waals surface area (Å²) >= 11 is 0. The van der Waals surface area contributed by atoms with E-state index in [9.17, 15) is 4.79 Å². The first-order valence-electron chi connectivity index (χ1n) is 6.49. The molecule has 100 valence electrons. The van der Waals surface area contributed by atoms with E-state index >= 15 is 0 Å². The maximum absolute atomic E-state index is 11.4. The number of rotatable bonds is 0. The van der Waals surface area contributed by atoms with E-state index in [2.05, 4.69) is 26.6 Å². The number of hydrogen-bond acceptors (Lipinski definition) is 5. The summed E-state index contributed by atoms with van der Waals surface area (Å²) in [6.45, 7) is 8.04. The van der Waals surface area contributed by atoms with Gasteiger partial charge in [-0.3, -0.25) is 4.79 Å². The monoisotopic (exact) mass is 243 g/mol. The Hall–Kier alpha value is -0.690. The van der Waals surface area contributed by atoms with Gasteiger partial charge in [0.05, 0.1) is 0 Å². The van der Waals surface area contributed by atoms with Gasteiger partial charge in [0.1, 0.15) is 0 Å². The molecule has 1 heterocycles. The molecule has 1 amide bonds. The van der Waals surface area contributed by atoms with Crippen LogP contribution in [0.25, 0.3) is 0 Å². The van der Waals surface area contributed by atoms with Crippen LogP contribution in [0.4, 0.5) is 0 Å². The number of carbonyl (C=O) groups excluding carboxylic acids is 1. The van der Waals surface area contributed by atoms with Crippen LogP contribution >= 0.6 is 0 Å². The predicted molar refractivity (Wildman–Crippen MR) is 69.1 cm³/mol. The van der Waals surface area contributed by atoms with Gasteiger partial charge in [-0.15, -0.1) is 0 Å². The summed E-state index contributed by atoms with van der Waals surface area (Å²) in [6.07, 6.45) is 0.557. The number of amides is 1. The molecule has 1 saturated heterocycles. The SMILES string of the molecule is O=C1CCNCCNCCNCCNCCN1. The maximum Gasteiger partial charge on any atom is 0.221 e. The molecule has 0 aromatic heterocycles. The van der Waals surface area contributed by atoms with Gasteiger partial charge in [0, 0.05) is 65.3 Å². The first-order valence-corrected chi connectivity index (χ1v) is 6.49. The molecule has 0 unspecified atom stereocenters. The van der Waals surface area contributed by atoms with E-state index in [1.54, 1.807) is 0 Å². The molecular weight excluding hydrogens is 218 g/mol. The van der Waals surface area contributed by atoms with Crippen LogP contribution in [0.1, 0.15) is 6.42 Å². The molecule has 0 saturated carbocycles. The van der Waals surface area contributed by atoms with Crippen LogP contribution in [0.5, 0.6) is 0 Å². The van der Waals surface area contributed by atoms with E-state index in [4.69, 9.17) is 0 Å². The Balaban J connectivity index is 2.11. The first-order chi connectivity index (χ1) is 8.39. The summed E-state index contributed by atoms with van der Waals surface area (Å²) in [4.78, 5) is 11.4. The summed E-state index contributed by atoms with van der Waals surface area (Å²) in [5.41, 5.74) is 0. The third kappa shape index (κ3) is 9.05. The number of nitrogens with one attached hydrogen (secondary N) is 5. The van der Waals surface area contributed by atoms with Gasteiger partial charge in [-0.25, -0.2) is 0 Å². The van der Waals surface area contributed by atoms with Gasteiger partial charge in [0.2, 0.25) is 5.91 Å². The molecule has 0 aromatic rings. The highest BCUT2D eigenvalue weighted by Gasteiger charge is 1.99. The van der Waals surface area contributed by atoms with Gasteiger partial charge >= 0.3 is 0 Å². The lowest BCUT2D eigenvalue weighted by Gasteiger charge is -2.10. The summed E-state index contributed by atoms with van der Waals surface area (Å²) in [7, 11) is 0. The van der Waals surface area contributed by atoms with Crippen molar-refractivity contribution in [2.75, 3.05) is 58.9 Å². The topological polar surface area (TPSA) is 77.2 Å². The highest BCUT2D eigenvalue weighted by Crippen LogP contribution is 1.76. The van der Waals surface area contributed by atoms with E-state index in [0.29, 0.717) is 13.0 Å². The number of carbonyl (C=O) groups is 1. The lowest BCUT2D eigenvalue weighted by atomic mass is 10.4. The fourth-order valence-corrected chi connectivity index (χ4v) is 1.61. The Labute approximate surface area is 103 Å². The van der Waals surface area contributed by atoms with Crippen molar-refractivity contribution < 1.29 is 4.79 Å². The van der Waals surface area contributed by atoms with Crippen LogP contribution in [0.2, 0.25) is 0 Å². The average Bonchev–Trinajstić information content (AvgIpc) is 2.32. The van der Waals surface area contributed by atoms with E-state index in [-0.39, 0.29) is 5.91 Å². The zero-order valence-electron chi connectivity index (χ0n) is 10.5. The molecule has 1 fully saturated rings.